The first-order chi connectivity index (χ1) is 5.66. The largest absolute Gasteiger partial charge is 0.462 e. The average molecular weight is 172 g/mol. The van der Waals surface area contributed by atoms with Crippen molar-refractivity contribution in [3.8, 4) is 0 Å². The Hall–Kier alpha value is -2.08. The zero-order chi connectivity index (χ0) is 9.40. The third-order valence-corrected chi connectivity index (χ3v) is 0.580. The molecule has 0 rings (SSSR count). The van der Waals surface area contributed by atoms with Gasteiger partial charge in [0.15, 0.2) is 6.61 Å². The summed E-state index contributed by atoms with van der Waals surface area (Å²) >= 11 is 0. The number of hydrogen-bond acceptors (Lipinski definition) is 3. The van der Waals surface area contributed by atoms with Gasteiger partial charge in [-0.2, -0.15) is 4.79 Å². The average Bonchev–Trinajstić information content (AvgIpc) is 2.01. The van der Waals surface area contributed by atoms with Crippen LogP contribution in [0.15, 0.2) is 10.2 Å². The Balaban J connectivity index is 3.74. The molecule has 8 heteroatoms. The van der Waals surface area contributed by atoms with Gasteiger partial charge in [-0.05, 0) is 0 Å². The molecule has 0 aromatic rings. The highest BCUT2D eigenvalue weighted by Crippen LogP contribution is 1.84. The van der Waals surface area contributed by atoms with E-state index in [1.165, 1.54) is 0 Å². The van der Waals surface area contributed by atoms with E-state index in [1.807, 2.05) is 0 Å². The van der Waals surface area contributed by atoms with Crippen LogP contribution < -0.4 is 0 Å². The van der Waals surface area contributed by atoms with Gasteiger partial charge in [-0.25, -0.2) is 9.59 Å². The summed E-state index contributed by atoms with van der Waals surface area (Å²) in [6.45, 7) is -0.298. The summed E-state index contributed by atoms with van der Waals surface area (Å²) in [6, 6.07) is 0. The SMILES string of the molecule is [N-]=[N+]=CCOC(=O)N=NC(=O)O. The second-order valence-electron chi connectivity index (χ2n) is 1.36. The van der Waals surface area contributed by atoms with Crippen molar-refractivity contribution in [2.45, 2.75) is 0 Å². The lowest BCUT2D eigenvalue weighted by Gasteiger charge is -1.88. The monoisotopic (exact) mass is 172 g/mol. The van der Waals surface area contributed by atoms with Crippen LogP contribution in [0.4, 0.5) is 9.59 Å². The molecule has 0 aliphatic rings. The lowest BCUT2D eigenvalue weighted by molar-refractivity contribution is -0.00360. The smallest absolute Gasteiger partial charge is 0.453 e. The van der Waals surface area contributed by atoms with Crippen LogP contribution in [0.5, 0.6) is 0 Å². The van der Waals surface area contributed by atoms with Crippen molar-refractivity contribution in [1.82, 2.24) is 0 Å². The van der Waals surface area contributed by atoms with E-state index in [1.54, 1.807) is 0 Å². The van der Waals surface area contributed by atoms with Crippen LogP contribution in [0.25, 0.3) is 5.53 Å². The summed E-state index contributed by atoms with van der Waals surface area (Å²) < 4.78 is 4.16. The van der Waals surface area contributed by atoms with E-state index in [9.17, 15) is 9.59 Å². The molecule has 8 nitrogen and oxygen atoms in total. The molecule has 0 heterocycles. The van der Waals surface area contributed by atoms with Gasteiger partial charge in [0.1, 0.15) is 0 Å². The van der Waals surface area contributed by atoms with E-state index in [-0.39, 0.29) is 6.61 Å². The second kappa shape index (κ2) is 5.69. The fourth-order valence-electron chi connectivity index (χ4n) is 0.254. The van der Waals surface area contributed by atoms with Gasteiger partial charge in [-0.1, -0.05) is 10.2 Å². The Morgan fingerprint density at radius 2 is 2.25 bits per heavy atom. The Kier molecular flexibility index (Phi) is 4.70. The zero-order valence-electron chi connectivity index (χ0n) is 5.75. The Labute approximate surface area is 66.1 Å². The third-order valence-electron chi connectivity index (χ3n) is 0.580. The molecular formula is C4H4N4O4. The summed E-state index contributed by atoms with van der Waals surface area (Å²) in [5.41, 5.74) is 7.83. The van der Waals surface area contributed by atoms with Crippen LogP contribution in [-0.4, -0.2) is 34.9 Å². The first-order valence-electron chi connectivity index (χ1n) is 2.64. The molecule has 0 fully saturated rings. The van der Waals surface area contributed by atoms with Crippen LogP contribution in [0.1, 0.15) is 0 Å². The van der Waals surface area contributed by atoms with Gasteiger partial charge < -0.3 is 15.4 Å². The standard InChI is InChI=1S/C4H4N4O4/c5-6-1-2-12-4(11)8-7-3(9)10/h1H,2H2,(H,9,10). The molecule has 0 bridgehead atoms. The maximum atomic E-state index is 10.3. The van der Waals surface area contributed by atoms with Crippen molar-refractivity contribution in [3.63, 3.8) is 0 Å². The number of amides is 2. The van der Waals surface area contributed by atoms with Crippen molar-refractivity contribution in [2.24, 2.45) is 10.2 Å². The highest BCUT2D eigenvalue weighted by atomic mass is 16.5. The van der Waals surface area contributed by atoms with Crippen LogP contribution in [0.3, 0.4) is 0 Å². The molecule has 0 atom stereocenters. The summed E-state index contributed by atoms with van der Waals surface area (Å²) in [6.07, 6.45) is -1.88. The van der Waals surface area contributed by atoms with Crippen LogP contribution in [0.2, 0.25) is 0 Å². The number of hydrogen-bond donors (Lipinski definition) is 1. The van der Waals surface area contributed by atoms with E-state index in [4.69, 9.17) is 10.6 Å². The van der Waals surface area contributed by atoms with Crippen molar-refractivity contribution < 1.29 is 24.2 Å². The molecule has 0 saturated heterocycles. The van der Waals surface area contributed by atoms with Crippen LogP contribution in [-0.2, 0) is 4.74 Å². The first kappa shape index (κ1) is 9.92. The number of carboxylic acid groups (broad SMARTS) is 1. The van der Waals surface area contributed by atoms with Gasteiger partial charge in [0.05, 0.1) is 0 Å². The number of carbonyl (C=O) groups is 2. The highest BCUT2D eigenvalue weighted by molar-refractivity contribution is 5.73. The van der Waals surface area contributed by atoms with E-state index in [2.05, 4.69) is 19.8 Å². The zero-order valence-corrected chi connectivity index (χ0v) is 5.75. The number of rotatable bonds is 2. The molecule has 0 radical (unpaired) electrons. The van der Waals surface area contributed by atoms with E-state index >= 15 is 0 Å². The molecule has 0 aromatic heterocycles. The van der Waals surface area contributed by atoms with Crippen LogP contribution in [0, 0.1) is 0 Å². The number of ether oxygens (including phenoxy) is 1. The fraction of sp³-hybridized carbons (Fsp3) is 0.250. The lowest BCUT2D eigenvalue weighted by atomic mass is 10.8. The molecule has 2 amide bonds. The minimum Gasteiger partial charge on any atom is -0.462 e. The summed E-state index contributed by atoms with van der Waals surface area (Å²) in [5.74, 6) is 0. The Morgan fingerprint density at radius 1 is 1.58 bits per heavy atom. The van der Waals surface area contributed by atoms with E-state index in [0.29, 0.717) is 0 Å². The molecule has 0 saturated carbocycles. The lowest BCUT2D eigenvalue weighted by Crippen LogP contribution is -2.01. The molecule has 0 aliphatic heterocycles. The summed E-state index contributed by atoms with van der Waals surface area (Å²) in [4.78, 5) is 22.5. The van der Waals surface area contributed by atoms with E-state index < -0.39 is 12.2 Å². The predicted octanol–water partition coefficient (Wildman–Crippen LogP) is 0.554. The molecule has 0 unspecified atom stereocenters. The quantitative estimate of drug-likeness (QED) is 0.370. The first-order valence-corrected chi connectivity index (χ1v) is 2.64. The topological polar surface area (TPSA) is 125 Å². The van der Waals surface area contributed by atoms with Gasteiger partial charge >= 0.3 is 12.2 Å². The van der Waals surface area contributed by atoms with Crippen molar-refractivity contribution >= 4 is 18.4 Å². The molecule has 0 aliphatic carbocycles. The Bertz CT molecular complexity index is 254. The second-order valence-corrected chi connectivity index (χ2v) is 1.36. The van der Waals surface area contributed by atoms with Crippen LogP contribution >= 0.6 is 0 Å². The minimum absolute atomic E-state index is 0.298. The molecule has 1 N–H and O–H groups in total. The van der Waals surface area contributed by atoms with Crippen molar-refractivity contribution in [1.29, 1.82) is 0 Å². The van der Waals surface area contributed by atoms with Gasteiger partial charge in [0.2, 0.25) is 0 Å². The fourth-order valence-corrected chi connectivity index (χ4v) is 0.254. The molecule has 0 spiro atoms. The van der Waals surface area contributed by atoms with Gasteiger partial charge in [0, 0.05) is 0 Å². The van der Waals surface area contributed by atoms with Crippen molar-refractivity contribution in [3.05, 3.63) is 5.53 Å². The maximum Gasteiger partial charge on any atom is 0.453 e. The van der Waals surface area contributed by atoms with Gasteiger partial charge in [-0.15, -0.1) is 0 Å². The minimum atomic E-state index is -1.59. The van der Waals surface area contributed by atoms with Gasteiger partial charge in [-0.3, -0.25) is 0 Å². The maximum absolute atomic E-state index is 10.3. The summed E-state index contributed by atoms with van der Waals surface area (Å²) in [5, 5.41) is 13.0. The number of nitrogens with zero attached hydrogens (tertiary/aromatic N) is 4. The molecule has 64 valence electrons. The number of azo groups is 1. The normalized spacial score (nSPS) is 9.00. The number of carbonyl (C=O) groups excluding carboxylic acids is 1. The van der Waals surface area contributed by atoms with Gasteiger partial charge in [0.25, 0.3) is 6.21 Å². The van der Waals surface area contributed by atoms with Crippen molar-refractivity contribution in [2.75, 3.05) is 6.61 Å². The molecular weight excluding hydrogens is 168 g/mol. The molecule has 0 aromatic carbocycles. The summed E-state index contributed by atoms with van der Waals surface area (Å²) in [7, 11) is 0. The third kappa shape index (κ3) is 6.05. The van der Waals surface area contributed by atoms with E-state index in [0.717, 1.165) is 6.21 Å². The molecule has 12 heavy (non-hydrogen) atoms. The predicted molar refractivity (Wildman–Crippen MR) is 33.9 cm³/mol. The highest BCUT2D eigenvalue weighted by Gasteiger charge is 2.00. The Morgan fingerprint density at radius 3 is 2.75 bits per heavy atom.